The van der Waals surface area contributed by atoms with Crippen molar-refractivity contribution in [2.24, 2.45) is 11.7 Å². The molecule has 0 aliphatic heterocycles. The normalized spacial score (nSPS) is 28.3. The lowest BCUT2D eigenvalue weighted by Crippen LogP contribution is -2.42. The summed E-state index contributed by atoms with van der Waals surface area (Å²) in [6, 6.07) is 2.14. The van der Waals surface area contributed by atoms with Gasteiger partial charge >= 0.3 is 6.18 Å². The number of rotatable bonds is 6. The quantitative estimate of drug-likeness (QED) is 0.750. The van der Waals surface area contributed by atoms with E-state index in [0.717, 1.165) is 12.8 Å². The van der Waals surface area contributed by atoms with Crippen molar-refractivity contribution in [1.82, 2.24) is 0 Å². The molecule has 0 radical (unpaired) electrons. The molecule has 0 bridgehead atoms. The molecule has 2 unspecified atom stereocenters. The molecule has 0 heterocycles. The Kier molecular flexibility index (Phi) is 5.42. The Labute approximate surface area is 105 Å². The van der Waals surface area contributed by atoms with Gasteiger partial charge in [0.05, 0.1) is 6.07 Å². The molecular formula is C12H19F3N2O. The smallest absolute Gasteiger partial charge is 0.381 e. The first kappa shape index (κ1) is 15.3. The van der Waals surface area contributed by atoms with Gasteiger partial charge in [-0.15, -0.1) is 0 Å². The van der Waals surface area contributed by atoms with Crippen LogP contribution in [0.4, 0.5) is 13.2 Å². The van der Waals surface area contributed by atoms with Crippen LogP contribution < -0.4 is 5.73 Å². The molecule has 1 saturated carbocycles. The van der Waals surface area contributed by atoms with Crippen molar-refractivity contribution in [2.45, 2.75) is 50.2 Å². The third kappa shape index (κ3) is 4.83. The van der Waals surface area contributed by atoms with E-state index in [0.29, 0.717) is 19.4 Å². The molecule has 1 rings (SSSR count). The fraction of sp³-hybridized carbons (Fsp3) is 0.917. The minimum Gasteiger partial charge on any atom is -0.381 e. The van der Waals surface area contributed by atoms with Gasteiger partial charge in [0.25, 0.3) is 0 Å². The minimum absolute atomic E-state index is 0.0137. The van der Waals surface area contributed by atoms with Crippen LogP contribution in [0.25, 0.3) is 0 Å². The van der Waals surface area contributed by atoms with Crippen LogP contribution in [0.1, 0.15) is 38.5 Å². The van der Waals surface area contributed by atoms with Gasteiger partial charge in [-0.1, -0.05) is 6.42 Å². The number of hydrogen-bond donors (Lipinski definition) is 1. The summed E-state index contributed by atoms with van der Waals surface area (Å²) in [6.45, 7) is 0.486. The van der Waals surface area contributed by atoms with Gasteiger partial charge < -0.3 is 10.5 Å². The molecule has 104 valence electrons. The van der Waals surface area contributed by atoms with Crippen LogP contribution in [-0.2, 0) is 4.74 Å². The average molecular weight is 264 g/mol. The summed E-state index contributed by atoms with van der Waals surface area (Å²) in [6.07, 6.45) is -1.76. The summed E-state index contributed by atoms with van der Waals surface area (Å²) in [5.74, 6) is 0.102. The van der Waals surface area contributed by atoms with Gasteiger partial charge in [0.2, 0.25) is 0 Å². The lowest BCUT2D eigenvalue weighted by atomic mass is 9.87. The van der Waals surface area contributed by atoms with Crippen molar-refractivity contribution < 1.29 is 17.9 Å². The molecule has 1 fully saturated rings. The molecule has 18 heavy (non-hydrogen) atoms. The number of alkyl halides is 3. The van der Waals surface area contributed by atoms with E-state index < -0.39 is 18.1 Å². The zero-order valence-corrected chi connectivity index (χ0v) is 10.3. The highest BCUT2D eigenvalue weighted by atomic mass is 19.4. The third-order valence-corrected chi connectivity index (χ3v) is 3.44. The third-order valence-electron chi connectivity index (χ3n) is 3.44. The maximum atomic E-state index is 11.8. The SMILES string of the molecule is N#CC1(N)CCCC1CCOCCCC(F)(F)F. The Balaban J connectivity index is 2.10. The molecule has 2 N–H and O–H groups in total. The molecule has 2 atom stereocenters. The van der Waals surface area contributed by atoms with Crippen LogP contribution in [0.2, 0.25) is 0 Å². The highest BCUT2D eigenvalue weighted by Crippen LogP contribution is 2.35. The summed E-state index contributed by atoms with van der Waals surface area (Å²) >= 11 is 0. The number of nitriles is 1. The molecule has 1 aliphatic carbocycles. The molecule has 3 nitrogen and oxygen atoms in total. The number of nitrogens with two attached hydrogens (primary N) is 1. The molecule has 0 aromatic carbocycles. The van der Waals surface area contributed by atoms with Crippen molar-refractivity contribution in [1.29, 1.82) is 5.26 Å². The first-order valence-corrected chi connectivity index (χ1v) is 6.22. The fourth-order valence-corrected chi connectivity index (χ4v) is 2.35. The molecule has 0 saturated heterocycles. The highest BCUT2D eigenvalue weighted by molar-refractivity contribution is 5.11. The Morgan fingerprint density at radius 1 is 1.39 bits per heavy atom. The molecule has 0 aromatic heterocycles. The molecule has 0 amide bonds. The zero-order chi connectivity index (χ0) is 13.6. The second-order valence-corrected chi connectivity index (χ2v) is 4.86. The average Bonchev–Trinajstić information content (AvgIpc) is 2.65. The predicted octanol–water partition coefficient (Wildman–Crippen LogP) is 2.76. The van der Waals surface area contributed by atoms with Crippen molar-refractivity contribution in [2.75, 3.05) is 13.2 Å². The van der Waals surface area contributed by atoms with Crippen molar-refractivity contribution in [3.8, 4) is 6.07 Å². The van der Waals surface area contributed by atoms with Gasteiger partial charge in [-0.25, -0.2) is 0 Å². The van der Waals surface area contributed by atoms with Crippen LogP contribution in [0.5, 0.6) is 0 Å². The Morgan fingerprint density at radius 3 is 2.72 bits per heavy atom. The van der Waals surface area contributed by atoms with Gasteiger partial charge in [-0.05, 0) is 31.6 Å². The number of nitrogens with zero attached hydrogens (tertiary/aromatic N) is 1. The van der Waals surface area contributed by atoms with Gasteiger partial charge in [-0.3, -0.25) is 0 Å². The fourth-order valence-electron chi connectivity index (χ4n) is 2.35. The number of hydrogen-bond acceptors (Lipinski definition) is 3. The van der Waals surface area contributed by atoms with E-state index in [9.17, 15) is 13.2 Å². The van der Waals surface area contributed by atoms with Crippen LogP contribution in [0.15, 0.2) is 0 Å². The second-order valence-electron chi connectivity index (χ2n) is 4.86. The largest absolute Gasteiger partial charge is 0.389 e. The summed E-state index contributed by atoms with van der Waals surface area (Å²) < 4.78 is 40.7. The summed E-state index contributed by atoms with van der Waals surface area (Å²) in [5, 5.41) is 8.99. The highest BCUT2D eigenvalue weighted by Gasteiger charge is 2.39. The van der Waals surface area contributed by atoms with Gasteiger partial charge in [0, 0.05) is 19.6 Å². The van der Waals surface area contributed by atoms with Gasteiger partial charge in [0.15, 0.2) is 0 Å². The monoisotopic (exact) mass is 264 g/mol. The van der Waals surface area contributed by atoms with E-state index in [-0.39, 0.29) is 18.9 Å². The Bertz CT molecular complexity index is 301. The van der Waals surface area contributed by atoms with Crippen molar-refractivity contribution in [3.05, 3.63) is 0 Å². The second kappa shape index (κ2) is 6.39. The van der Waals surface area contributed by atoms with Crippen molar-refractivity contribution >= 4 is 0 Å². The van der Waals surface area contributed by atoms with Crippen LogP contribution in [0.3, 0.4) is 0 Å². The first-order chi connectivity index (χ1) is 8.37. The van der Waals surface area contributed by atoms with E-state index in [2.05, 4.69) is 6.07 Å². The maximum absolute atomic E-state index is 11.8. The van der Waals surface area contributed by atoms with Gasteiger partial charge in [0.1, 0.15) is 5.54 Å². The molecular weight excluding hydrogens is 245 g/mol. The van der Waals surface area contributed by atoms with Crippen LogP contribution in [-0.4, -0.2) is 24.9 Å². The first-order valence-electron chi connectivity index (χ1n) is 6.22. The topological polar surface area (TPSA) is 59.0 Å². The summed E-state index contributed by atoms with van der Waals surface area (Å²) in [5.41, 5.74) is 5.17. The number of ether oxygens (including phenoxy) is 1. The van der Waals surface area contributed by atoms with E-state index in [4.69, 9.17) is 15.7 Å². The molecule has 0 spiro atoms. The molecule has 0 aromatic rings. The lowest BCUT2D eigenvalue weighted by molar-refractivity contribution is -0.137. The van der Waals surface area contributed by atoms with Crippen molar-refractivity contribution in [3.63, 3.8) is 0 Å². The standard InChI is InChI=1S/C12H19F3N2O/c13-12(14,15)6-2-7-18-8-4-10-3-1-5-11(10,17)9-16/h10H,1-8,17H2. The van der Waals surface area contributed by atoms with Gasteiger partial charge in [-0.2, -0.15) is 18.4 Å². The molecule has 6 heteroatoms. The summed E-state index contributed by atoms with van der Waals surface area (Å²) in [4.78, 5) is 0. The lowest BCUT2D eigenvalue weighted by Gasteiger charge is -2.23. The number of halogens is 3. The van der Waals surface area contributed by atoms with E-state index >= 15 is 0 Å². The van der Waals surface area contributed by atoms with E-state index in [1.807, 2.05) is 0 Å². The van der Waals surface area contributed by atoms with Crippen LogP contribution in [0, 0.1) is 17.2 Å². The predicted molar refractivity (Wildman–Crippen MR) is 60.6 cm³/mol. The molecule has 1 aliphatic rings. The Hall–Kier alpha value is -0.800. The van der Waals surface area contributed by atoms with E-state index in [1.165, 1.54) is 0 Å². The van der Waals surface area contributed by atoms with Crippen LogP contribution >= 0.6 is 0 Å². The minimum atomic E-state index is -4.11. The summed E-state index contributed by atoms with van der Waals surface area (Å²) in [7, 11) is 0. The maximum Gasteiger partial charge on any atom is 0.389 e. The zero-order valence-electron chi connectivity index (χ0n) is 10.3. The Morgan fingerprint density at radius 2 is 2.11 bits per heavy atom. The van der Waals surface area contributed by atoms with E-state index in [1.54, 1.807) is 0 Å².